The molecule has 0 aliphatic heterocycles. The van der Waals surface area contributed by atoms with Gasteiger partial charge < -0.3 is 9.64 Å². The Balaban J connectivity index is 1.40. The Labute approximate surface area is 227 Å². The second kappa shape index (κ2) is 12.6. The number of hydrogen-bond donors (Lipinski definition) is 0. The standard InChI is InChI=1S/C35H37NO2/c1-2-3-11-27-20-22-31(23-21-27)35(37)36(34-19-10-16-30-15-7-8-18-33(30)34)25-29-14-9-17-32(24-29)38-26-28-12-5-4-6-13-28/h4-9,12-15,17-18,20-24,34H,2-3,10-11,16,19,25-26H2,1H3. The Hall–Kier alpha value is -3.85. The number of hydrogen-bond acceptors (Lipinski definition) is 2. The summed E-state index contributed by atoms with van der Waals surface area (Å²) in [6.07, 6.45) is 6.53. The third kappa shape index (κ3) is 6.34. The predicted molar refractivity (Wildman–Crippen MR) is 154 cm³/mol. The van der Waals surface area contributed by atoms with Crippen LogP contribution < -0.4 is 4.74 Å². The maximum atomic E-state index is 14.1. The van der Waals surface area contributed by atoms with Crippen molar-refractivity contribution >= 4 is 5.91 Å². The normalized spacial score (nSPS) is 14.5. The highest BCUT2D eigenvalue weighted by atomic mass is 16.5. The number of aryl methyl sites for hydroxylation is 2. The number of rotatable bonds is 10. The molecule has 0 radical (unpaired) electrons. The van der Waals surface area contributed by atoms with E-state index in [1.54, 1.807) is 0 Å². The molecule has 1 atom stereocenters. The second-order valence-electron chi connectivity index (χ2n) is 10.3. The average molecular weight is 504 g/mol. The van der Waals surface area contributed by atoms with Crippen LogP contribution in [0.2, 0.25) is 0 Å². The number of fused-ring (bicyclic) bond motifs is 1. The molecule has 1 amide bonds. The van der Waals surface area contributed by atoms with E-state index in [4.69, 9.17) is 4.74 Å². The summed E-state index contributed by atoms with van der Waals surface area (Å²) < 4.78 is 6.10. The van der Waals surface area contributed by atoms with Crippen molar-refractivity contribution < 1.29 is 9.53 Å². The van der Waals surface area contributed by atoms with Crippen LogP contribution in [-0.4, -0.2) is 10.8 Å². The number of ether oxygens (including phenoxy) is 1. The summed E-state index contributed by atoms with van der Waals surface area (Å²) >= 11 is 0. The molecule has 0 heterocycles. The number of benzene rings is 4. The number of nitrogens with zero attached hydrogens (tertiary/aromatic N) is 1. The molecule has 38 heavy (non-hydrogen) atoms. The van der Waals surface area contributed by atoms with Crippen LogP contribution in [0.5, 0.6) is 5.75 Å². The molecule has 1 aliphatic carbocycles. The minimum atomic E-state index is 0.0566. The van der Waals surface area contributed by atoms with Crippen molar-refractivity contribution in [2.45, 2.75) is 64.6 Å². The SMILES string of the molecule is CCCCc1ccc(C(=O)N(Cc2cccc(OCc3ccccc3)c2)C2CCCc3ccccc32)cc1. The Morgan fingerprint density at radius 2 is 1.61 bits per heavy atom. The third-order valence-electron chi connectivity index (χ3n) is 7.49. The van der Waals surface area contributed by atoms with Crippen LogP contribution >= 0.6 is 0 Å². The molecule has 0 bridgehead atoms. The lowest BCUT2D eigenvalue weighted by Crippen LogP contribution is -2.36. The number of carbonyl (C=O) groups is 1. The smallest absolute Gasteiger partial charge is 0.254 e. The summed E-state index contributed by atoms with van der Waals surface area (Å²) in [7, 11) is 0. The van der Waals surface area contributed by atoms with Gasteiger partial charge in [0, 0.05) is 12.1 Å². The number of unbranched alkanes of at least 4 members (excludes halogenated alkanes) is 1. The van der Waals surface area contributed by atoms with Gasteiger partial charge in [-0.05, 0) is 84.2 Å². The third-order valence-corrected chi connectivity index (χ3v) is 7.49. The molecule has 4 aromatic carbocycles. The lowest BCUT2D eigenvalue weighted by Gasteiger charge is -2.36. The summed E-state index contributed by atoms with van der Waals surface area (Å²) in [6, 6.07) is 35.3. The van der Waals surface area contributed by atoms with Crippen LogP contribution in [-0.2, 0) is 26.0 Å². The van der Waals surface area contributed by atoms with E-state index in [1.165, 1.54) is 29.5 Å². The van der Waals surface area contributed by atoms with Crippen LogP contribution in [0.3, 0.4) is 0 Å². The van der Waals surface area contributed by atoms with E-state index in [0.717, 1.165) is 48.1 Å². The summed E-state index contributed by atoms with van der Waals surface area (Å²) in [6.45, 7) is 3.27. The largest absolute Gasteiger partial charge is 0.489 e. The van der Waals surface area contributed by atoms with Gasteiger partial charge in [0.05, 0.1) is 6.04 Å². The molecule has 0 saturated carbocycles. The van der Waals surface area contributed by atoms with Crippen LogP contribution in [0.4, 0.5) is 0 Å². The first-order chi connectivity index (χ1) is 18.7. The van der Waals surface area contributed by atoms with E-state index in [-0.39, 0.29) is 11.9 Å². The summed E-state index contributed by atoms with van der Waals surface area (Å²) in [5.74, 6) is 0.910. The molecular weight excluding hydrogens is 466 g/mol. The minimum absolute atomic E-state index is 0.0566. The van der Waals surface area contributed by atoms with Crippen molar-refractivity contribution in [3.63, 3.8) is 0 Å². The van der Waals surface area contributed by atoms with Gasteiger partial charge >= 0.3 is 0 Å². The predicted octanol–water partition coefficient (Wildman–Crippen LogP) is 8.33. The molecule has 0 spiro atoms. The molecule has 0 aromatic heterocycles. The fourth-order valence-electron chi connectivity index (χ4n) is 5.41. The van der Waals surface area contributed by atoms with E-state index in [1.807, 2.05) is 42.5 Å². The van der Waals surface area contributed by atoms with E-state index < -0.39 is 0 Å². The highest BCUT2D eigenvalue weighted by Gasteiger charge is 2.30. The van der Waals surface area contributed by atoms with Crippen LogP contribution in [0.1, 0.15) is 76.8 Å². The highest BCUT2D eigenvalue weighted by molar-refractivity contribution is 5.94. The molecule has 3 heteroatoms. The topological polar surface area (TPSA) is 29.5 Å². The first-order valence-corrected chi connectivity index (χ1v) is 13.9. The molecule has 0 saturated heterocycles. The van der Waals surface area contributed by atoms with Crippen LogP contribution in [0, 0.1) is 0 Å². The minimum Gasteiger partial charge on any atom is -0.489 e. The van der Waals surface area contributed by atoms with E-state index >= 15 is 0 Å². The summed E-state index contributed by atoms with van der Waals surface area (Å²) in [4.78, 5) is 16.2. The summed E-state index contributed by atoms with van der Waals surface area (Å²) in [5.41, 5.74) is 6.90. The molecule has 1 aliphatic rings. The number of carbonyl (C=O) groups excluding carboxylic acids is 1. The molecule has 3 nitrogen and oxygen atoms in total. The summed E-state index contributed by atoms with van der Waals surface area (Å²) in [5, 5.41) is 0. The maximum Gasteiger partial charge on any atom is 0.254 e. The van der Waals surface area contributed by atoms with Gasteiger partial charge in [0.25, 0.3) is 5.91 Å². The zero-order valence-corrected chi connectivity index (χ0v) is 22.3. The van der Waals surface area contributed by atoms with Crippen LogP contribution in [0.25, 0.3) is 0 Å². The zero-order chi connectivity index (χ0) is 26.2. The number of amides is 1. The van der Waals surface area contributed by atoms with Gasteiger partial charge in [-0.15, -0.1) is 0 Å². The van der Waals surface area contributed by atoms with E-state index in [0.29, 0.717) is 13.2 Å². The van der Waals surface area contributed by atoms with Gasteiger partial charge in [0.1, 0.15) is 12.4 Å². The lowest BCUT2D eigenvalue weighted by molar-refractivity contribution is 0.0638. The van der Waals surface area contributed by atoms with Crippen molar-refractivity contribution in [3.05, 3.63) is 137 Å². The quantitative estimate of drug-likeness (QED) is 0.218. The van der Waals surface area contributed by atoms with Gasteiger partial charge in [-0.2, -0.15) is 0 Å². The van der Waals surface area contributed by atoms with Gasteiger partial charge in [0.2, 0.25) is 0 Å². The van der Waals surface area contributed by atoms with Crippen molar-refractivity contribution in [3.8, 4) is 5.75 Å². The second-order valence-corrected chi connectivity index (χ2v) is 10.3. The van der Waals surface area contributed by atoms with Crippen molar-refractivity contribution in [1.82, 2.24) is 4.90 Å². The average Bonchev–Trinajstić information content (AvgIpc) is 2.98. The Morgan fingerprint density at radius 3 is 2.42 bits per heavy atom. The van der Waals surface area contributed by atoms with E-state index in [9.17, 15) is 4.79 Å². The first-order valence-electron chi connectivity index (χ1n) is 13.9. The fraction of sp³-hybridized carbons (Fsp3) is 0.286. The lowest BCUT2D eigenvalue weighted by atomic mass is 9.86. The fourth-order valence-corrected chi connectivity index (χ4v) is 5.41. The molecule has 4 aromatic rings. The molecule has 0 N–H and O–H groups in total. The Kier molecular flexibility index (Phi) is 8.55. The molecule has 1 unspecified atom stereocenters. The van der Waals surface area contributed by atoms with Crippen LogP contribution in [0.15, 0.2) is 103 Å². The molecule has 5 rings (SSSR count). The van der Waals surface area contributed by atoms with Gasteiger partial charge in [-0.3, -0.25) is 4.79 Å². The molecule has 0 fully saturated rings. The molecular formula is C35H37NO2. The Bertz CT molecular complexity index is 1330. The monoisotopic (exact) mass is 503 g/mol. The maximum absolute atomic E-state index is 14.1. The van der Waals surface area contributed by atoms with Crippen molar-refractivity contribution in [2.75, 3.05) is 0 Å². The van der Waals surface area contributed by atoms with Gasteiger partial charge in [-0.25, -0.2) is 0 Å². The van der Waals surface area contributed by atoms with E-state index in [2.05, 4.69) is 72.5 Å². The Morgan fingerprint density at radius 1 is 0.842 bits per heavy atom. The highest BCUT2D eigenvalue weighted by Crippen LogP contribution is 2.36. The van der Waals surface area contributed by atoms with Gasteiger partial charge in [0.15, 0.2) is 0 Å². The van der Waals surface area contributed by atoms with Gasteiger partial charge in [-0.1, -0.05) is 92.2 Å². The molecule has 194 valence electrons. The zero-order valence-electron chi connectivity index (χ0n) is 22.3. The first kappa shape index (κ1) is 25.8. The van der Waals surface area contributed by atoms with Crippen molar-refractivity contribution in [2.24, 2.45) is 0 Å². The van der Waals surface area contributed by atoms with Crippen molar-refractivity contribution in [1.29, 1.82) is 0 Å².